The Balaban J connectivity index is 1.94. The summed E-state index contributed by atoms with van der Waals surface area (Å²) in [5, 5.41) is 9.16. The molecule has 0 atom stereocenters. The Morgan fingerprint density at radius 2 is 2.21 bits per heavy atom. The van der Waals surface area contributed by atoms with Crippen molar-refractivity contribution >= 4 is 34.7 Å². The standard InChI is InChI=1S/C12H16N4OS2/c1-7-5-18-12(13-7)19-6-10(17)14-11-8(2)15-16(4)9(11)3/h5H,6H2,1-4H3,(H,14,17). The van der Waals surface area contributed by atoms with Crippen molar-refractivity contribution in [3.8, 4) is 0 Å². The third kappa shape index (κ3) is 3.36. The summed E-state index contributed by atoms with van der Waals surface area (Å²) in [6, 6.07) is 0. The molecule has 0 fully saturated rings. The molecule has 2 rings (SSSR count). The molecule has 0 radical (unpaired) electrons. The number of thioether (sulfide) groups is 1. The van der Waals surface area contributed by atoms with E-state index in [9.17, 15) is 4.79 Å². The third-order valence-corrected chi connectivity index (χ3v) is 4.84. The fourth-order valence-corrected chi connectivity index (χ4v) is 3.31. The maximum atomic E-state index is 11.9. The Kier molecular flexibility index (Phi) is 4.26. The summed E-state index contributed by atoms with van der Waals surface area (Å²) in [4.78, 5) is 16.2. The first kappa shape index (κ1) is 14.1. The molecule has 0 saturated carbocycles. The molecular formula is C12H16N4OS2. The number of hydrogen-bond acceptors (Lipinski definition) is 5. The Morgan fingerprint density at radius 1 is 1.47 bits per heavy atom. The molecule has 0 aliphatic carbocycles. The lowest BCUT2D eigenvalue weighted by Crippen LogP contribution is -2.15. The van der Waals surface area contributed by atoms with Crippen molar-refractivity contribution in [3.63, 3.8) is 0 Å². The summed E-state index contributed by atoms with van der Waals surface area (Å²) in [6.07, 6.45) is 0. The minimum Gasteiger partial charge on any atom is -0.322 e. The van der Waals surface area contributed by atoms with E-state index >= 15 is 0 Å². The first-order valence-electron chi connectivity index (χ1n) is 5.82. The fourth-order valence-electron chi connectivity index (χ4n) is 1.66. The van der Waals surface area contributed by atoms with Gasteiger partial charge in [0.05, 0.1) is 22.8 Å². The summed E-state index contributed by atoms with van der Waals surface area (Å²) in [5.74, 6) is 0.331. The van der Waals surface area contributed by atoms with E-state index in [-0.39, 0.29) is 5.91 Å². The Morgan fingerprint density at radius 3 is 2.74 bits per heavy atom. The van der Waals surface area contributed by atoms with E-state index in [0.29, 0.717) is 5.75 Å². The van der Waals surface area contributed by atoms with Crippen LogP contribution in [0.5, 0.6) is 0 Å². The van der Waals surface area contributed by atoms with Crippen LogP contribution < -0.4 is 5.32 Å². The van der Waals surface area contributed by atoms with Gasteiger partial charge in [0.15, 0.2) is 4.34 Å². The quantitative estimate of drug-likeness (QED) is 0.881. The molecule has 2 aromatic rings. The lowest BCUT2D eigenvalue weighted by atomic mass is 10.3. The maximum Gasteiger partial charge on any atom is 0.234 e. The fraction of sp³-hybridized carbons (Fsp3) is 0.417. The molecule has 0 bridgehead atoms. The predicted molar refractivity (Wildman–Crippen MR) is 78.9 cm³/mol. The predicted octanol–water partition coefficient (Wildman–Crippen LogP) is 2.53. The number of hydrogen-bond donors (Lipinski definition) is 1. The highest BCUT2D eigenvalue weighted by Crippen LogP contribution is 2.23. The number of anilines is 1. The van der Waals surface area contributed by atoms with Gasteiger partial charge in [0.1, 0.15) is 0 Å². The highest BCUT2D eigenvalue weighted by Gasteiger charge is 2.13. The maximum absolute atomic E-state index is 11.9. The van der Waals surface area contributed by atoms with Crippen molar-refractivity contribution in [2.24, 2.45) is 7.05 Å². The van der Waals surface area contributed by atoms with Gasteiger partial charge < -0.3 is 5.32 Å². The highest BCUT2D eigenvalue weighted by atomic mass is 32.2. The molecule has 5 nitrogen and oxygen atoms in total. The Labute approximate surface area is 120 Å². The molecule has 1 N–H and O–H groups in total. The van der Waals surface area contributed by atoms with Crippen molar-refractivity contribution in [1.29, 1.82) is 0 Å². The van der Waals surface area contributed by atoms with Crippen LogP contribution in [0.25, 0.3) is 0 Å². The van der Waals surface area contributed by atoms with E-state index in [0.717, 1.165) is 27.1 Å². The van der Waals surface area contributed by atoms with Crippen LogP contribution in [0.15, 0.2) is 9.72 Å². The van der Waals surface area contributed by atoms with Crippen molar-refractivity contribution in [3.05, 3.63) is 22.5 Å². The van der Waals surface area contributed by atoms with Crippen LogP contribution in [0.3, 0.4) is 0 Å². The molecule has 19 heavy (non-hydrogen) atoms. The minimum absolute atomic E-state index is 0.0305. The van der Waals surface area contributed by atoms with Crippen LogP contribution in [0, 0.1) is 20.8 Å². The average molecular weight is 296 g/mol. The molecule has 0 unspecified atom stereocenters. The SMILES string of the molecule is Cc1csc(SCC(=O)Nc2c(C)nn(C)c2C)n1. The Hall–Kier alpha value is -1.34. The van der Waals surface area contributed by atoms with E-state index in [2.05, 4.69) is 15.4 Å². The third-order valence-electron chi connectivity index (χ3n) is 2.70. The summed E-state index contributed by atoms with van der Waals surface area (Å²) in [5.41, 5.74) is 3.60. The lowest BCUT2D eigenvalue weighted by Gasteiger charge is -2.04. The number of thiazole rings is 1. The van der Waals surface area contributed by atoms with Gasteiger partial charge in [-0.2, -0.15) is 5.10 Å². The summed E-state index contributed by atoms with van der Waals surface area (Å²) in [7, 11) is 1.87. The van der Waals surface area contributed by atoms with Gasteiger partial charge in [0.2, 0.25) is 5.91 Å². The van der Waals surface area contributed by atoms with Crippen LogP contribution >= 0.6 is 23.1 Å². The van der Waals surface area contributed by atoms with E-state index in [4.69, 9.17) is 0 Å². The smallest absolute Gasteiger partial charge is 0.234 e. The van der Waals surface area contributed by atoms with Crippen LogP contribution in [0.2, 0.25) is 0 Å². The second kappa shape index (κ2) is 5.75. The first-order chi connectivity index (χ1) is 8.97. The molecule has 0 aliphatic rings. The zero-order valence-electron chi connectivity index (χ0n) is 11.4. The summed E-state index contributed by atoms with van der Waals surface area (Å²) >= 11 is 3.02. The van der Waals surface area contributed by atoms with Gasteiger partial charge in [0, 0.05) is 18.1 Å². The van der Waals surface area contributed by atoms with Crippen LogP contribution in [0.4, 0.5) is 5.69 Å². The number of rotatable bonds is 4. The van der Waals surface area contributed by atoms with Gasteiger partial charge in [0.25, 0.3) is 0 Å². The Bertz CT molecular complexity index is 603. The molecule has 2 aromatic heterocycles. The molecular weight excluding hydrogens is 280 g/mol. The van der Waals surface area contributed by atoms with Gasteiger partial charge >= 0.3 is 0 Å². The number of aryl methyl sites for hydroxylation is 3. The average Bonchev–Trinajstić information content (AvgIpc) is 2.86. The molecule has 0 aliphatic heterocycles. The van der Waals surface area contributed by atoms with Gasteiger partial charge in [-0.25, -0.2) is 4.98 Å². The summed E-state index contributed by atoms with van der Waals surface area (Å²) in [6.45, 7) is 5.77. The lowest BCUT2D eigenvalue weighted by molar-refractivity contribution is -0.113. The molecule has 0 aromatic carbocycles. The zero-order valence-corrected chi connectivity index (χ0v) is 13.0. The number of carbonyl (C=O) groups is 1. The van der Waals surface area contributed by atoms with Crippen LogP contribution in [-0.4, -0.2) is 26.4 Å². The molecule has 0 saturated heterocycles. The van der Waals surface area contributed by atoms with E-state index in [1.165, 1.54) is 11.8 Å². The van der Waals surface area contributed by atoms with Crippen molar-refractivity contribution < 1.29 is 4.79 Å². The van der Waals surface area contributed by atoms with Gasteiger partial charge in [-0.05, 0) is 20.8 Å². The number of carbonyl (C=O) groups excluding carboxylic acids is 1. The number of nitrogens with one attached hydrogen (secondary N) is 1. The largest absolute Gasteiger partial charge is 0.322 e. The van der Waals surface area contributed by atoms with Crippen LogP contribution in [-0.2, 0) is 11.8 Å². The number of aromatic nitrogens is 3. The van der Waals surface area contributed by atoms with E-state index in [1.807, 2.05) is 33.2 Å². The number of amides is 1. The van der Waals surface area contributed by atoms with Crippen molar-refractivity contribution in [2.45, 2.75) is 25.1 Å². The van der Waals surface area contributed by atoms with Crippen molar-refractivity contribution in [1.82, 2.24) is 14.8 Å². The number of nitrogens with zero attached hydrogens (tertiary/aromatic N) is 3. The van der Waals surface area contributed by atoms with Crippen molar-refractivity contribution in [2.75, 3.05) is 11.1 Å². The normalized spacial score (nSPS) is 10.7. The minimum atomic E-state index is -0.0305. The molecule has 0 spiro atoms. The monoisotopic (exact) mass is 296 g/mol. The first-order valence-corrected chi connectivity index (χ1v) is 7.69. The van der Waals surface area contributed by atoms with E-state index in [1.54, 1.807) is 16.0 Å². The van der Waals surface area contributed by atoms with Gasteiger partial charge in [-0.1, -0.05) is 11.8 Å². The molecule has 102 valence electrons. The van der Waals surface area contributed by atoms with Gasteiger partial charge in [-0.3, -0.25) is 9.48 Å². The molecule has 1 amide bonds. The highest BCUT2D eigenvalue weighted by molar-refractivity contribution is 8.01. The molecule has 7 heteroatoms. The second-order valence-electron chi connectivity index (χ2n) is 4.26. The topological polar surface area (TPSA) is 59.8 Å². The summed E-state index contributed by atoms with van der Waals surface area (Å²) < 4.78 is 2.69. The van der Waals surface area contributed by atoms with E-state index < -0.39 is 0 Å². The second-order valence-corrected chi connectivity index (χ2v) is 6.34. The molecule has 2 heterocycles. The van der Waals surface area contributed by atoms with Gasteiger partial charge in [-0.15, -0.1) is 11.3 Å². The van der Waals surface area contributed by atoms with Crippen LogP contribution in [0.1, 0.15) is 17.1 Å². The zero-order chi connectivity index (χ0) is 14.0.